The second kappa shape index (κ2) is 11.0. The number of nitriles is 1. The molecular formula is C30H24N2O4. The van der Waals surface area contributed by atoms with E-state index in [2.05, 4.69) is 5.32 Å². The molecule has 0 atom stereocenters. The highest BCUT2D eigenvalue weighted by Gasteiger charge is 2.16. The standard InChI is InChI=1S/C30H24N2O4/c1-3-35-28-18-21(17-23(19-31)29(33)32-24-14-11-20(2)12-15-24)13-16-27(28)36-30(34)26-10-6-8-22-7-4-5-9-25(22)26/h4-18H,3H2,1-2H3,(H,32,33)/b23-17+. The fourth-order valence-corrected chi connectivity index (χ4v) is 3.68. The van der Waals surface area contributed by atoms with Gasteiger partial charge in [0, 0.05) is 5.69 Å². The number of hydrogen-bond donors (Lipinski definition) is 1. The summed E-state index contributed by atoms with van der Waals surface area (Å²) >= 11 is 0. The number of ether oxygens (including phenoxy) is 2. The molecule has 0 saturated heterocycles. The number of anilines is 1. The maximum absolute atomic E-state index is 13.0. The molecule has 1 N–H and O–H groups in total. The maximum Gasteiger partial charge on any atom is 0.344 e. The van der Waals surface area contributed by atoms with E-state index in [4.69, 9.17) is 9.47 Å². The normalized spacial score (nSPS) is 11.0. The summed E-state index contributed by atoms with van der Waals surface area (Å²) in [5.74, 6) is -0.456. The number of fused-ring (bicyclic) bond motifs is 1. The smallest absolute Gasteiger partial charge is 0.344 e. The number of aryl methyl sites for hydroxylation is 1. The second-order valence-corrected chi connectivity index (χ2v) is 8.05. The molecule has 4 aromatic carbocycles. The molecule has 0 aliphatic carbocycles. The first kappa shape index (κ1) is 24.2. The van der Waals surface area contributed by atoms with Crippen LogP contribution in [0.2, 0.25) is 0 Å². The first-order valence-electron chi connectivity index (χ1n) is 11.4. The van der Waals surface area contributed by atoms with Gasteiger partial charge < -0.3 is 14.8 Å². The van der Waals surface area contributed by atoms with Gasteiger partial charge in [-0.15, -0.1) is 0 Å². The van der Waals surface area contributed by atoms with Gasteiger partial charge in [0.1, 0.15) is 11.6 Å². The number of amides is 1. The number of hydrogen-bond acceptors (Lipinski definition) is 5. The molecule has 6 nitrogen and oxygen atoms in total. The lowest BCUT2D eigenvalue weighted by Gasteiger charge is -2.12. The Balaban J connectivity index is 1.58. The van der Waals surface area contributed by atoms with Crippen molar-refractivity contribution >= 4 is 34.4 Å². The Bertz CT molecular complexity index is 1490. The van der Waals surface area contributed by atoms with E-state index in [0.29, 0.717) is 29.2 Å². The number of nitrogens with zero attached hydrogens (tertiary/aromatic N) is 1. The number of benzene rings is 4. The van der Waals surface area contributed by atoms with Crippen LogP contribution in [0, 0.1) is 18.3 Å². The Labute approximate surface area is 209 Å². The molecule has 0 radical (unpaired) electrons. The van der Waals surface area contributed by atoms with Crippen LogP contribution in [0.4, 0.5) is 5.69 Å². The van der Waals surface area contributed by atoms with Gasteiger partial charge >= 0.3 is 5.97 Å². The van der Waals surface area contributed by atoms with Crippen LogP contribution in [0.5, 0.6) is 11.5 Å². The molecular weight excluding hydrogens is 452 g/mol. The number of rotatable bonds is 7. The quantitative estimate of drug-likeness (QED) is 0.146. The van der Waals surface area contributed by atoms with Gasteiger partial charge in [-0.1, -0.05) is 60.2 Å². The minimum absolute atomic E-state index is 0.0708. The average molecular weight is 477 g/mol. The van der Waals surface area contributed by atoms with Gasteiger partial charge in [-0.3, -0.25) is 4.79 Å². The van der Waals surface area contributed by atoms with E-state index in [0.717, 1.165) is 16.3 Å². The predicted molar refractivity (Wildman–Crippen MR) is 140 cm³/mol. The minimum Gasteiger partial charge on any atom is -0.490 e. The molecule has 0 unspecified atom stereocenters. The van der Waals surface area contributed by atoms with Gasteiger partial charge in [0.25, 0.3) is 5.91 Å². The highest BCUT2D eigenvalue weighted by Crippen LogP contribution is 2.31. The summed E-state index contributed by atoms with van der Waals surface area (Å²) in [5, 5.41) is 14.0. The third-order valence-electron chi connectivity index (χ3n) is 5.47. The van der Waals surface area contributed by atoms with E-state index in [1.54, 1.807) is 42.5 Å². The summed E-state index contributed by atoms with van der Waals surface area (Å²) < 4.78 is 11.4. The molecule has 0 aromatic heterocycles. The maximum atomic E-state index is 13.0. The molecule has 0 spiro atoms. The Kier molecular flexibility index (Phi) is 7.42. The summed E-state index contributed by atoms with van der Waals surface area (Å²) in [6.45, 7) is 4.10. The number of carbonyl (C=O) groups is 2. The fraction of sp³-hybridized carbons (Fsp3) is 0.100. The summed E-state index contributed by atoms with van der Waals surface area (Å²) in [6, 6.07) is 27.1. The first-order chi connectivity index (χ1) is 17.5. The van der Waals surface area contributed by atoms with Gasteiger partial charge in [-0.05, 0) is 66.6 Å². The lowest BCUT2D eigenvalue weighted by Crippen LogP contribution is -2.13. The Morgan fingerprint density at radius 3 is 2.44 bits per heavy atom. The molecule has 6 heteroatoms. The summed E-state index contributed by atoms with van der Waals surface area (Å²) in [7, 11) is 0. The van der Waals surface area contributed by atoms with E-state index in [9.17, 15) is 14.9 Å². The van der Waals surface area contributed by atoms with Crippen molar-refractivity contribution in [1.29, 1.82) is 5.26 Å². The zero-order valence-electron chi connectivity index (χ0n) is 19.9. The van der Waals surface area contributed by atoms with E-state index < -0.39 is 11.9 Å². The highest BCUT2D eigenvalue weighted by molar-refractivity contribution is 6.09. The molecule has 0 saturated carbocycles. The summed E-state index contributed by atoms with van der Waals surface area (Å²) in [6.07, 6.45) is 1.46. The summed E-state index contributed by atoms with van der Waals surface area (Å²) in [5.41, 5.74) is 2.59. The van der Waals surface area contributed by atoms with Crippen LogP contribution in [0.1, 0.15) is 28.4 Å². The van der Waals surface area contributed by atoms with Gasteiger partial charge in [0.15, 0.2) is 11.5 Å². The van der Waals surface area contributed by atoms with E-state index >= 15 is 0 Å². The van der Waals surface area contributed by atoms with Gasteiger partial charge in [-0.2, -0.15) is 5.26 Å². The fourth-order valence-electron chi connectivity index (χ4n) is 3.68. The molecule has 0 aliphatic rings. The lowest BCUT2D eigenvalue weighted by atomic mass is 10.0. The topological polar surface area (TPSA) is 88.4 Å². The van der Waals surface area contributed by atoms with E-state index in [-0.39, 0.29) is 11.3 Å². The van der Waals surface area contributed by atoms with Crippen molar-refractivity contribution in [3.05, 3.63) is 107 Å². The molecule has 178 valence electrons. The van der Waals surface area contributed by atoms with Crippen molar-refractivity contribution in [2.75, 3.05) is 11.9 Å². The van der Waals surface area contributed by atoms with E-state index in [1.807, 2.05) is 62.4 Å². The van der Waals surface area contributed by atoms with Crippen LogP contribution >= 0.6 is 0 Å². The Morgan fingerprint density at radius 2 is 1.69 bits per heavy atom. The molecule has 1 amide bonds. The van der Waals surface area contributed by atoms with Crippen LogP contribution in [-0.4, -0.2) is 18.5 Å². The Morgan fingerprint density at radius 1 is 0.944 bits per heavy atom. The van der Waals surface area contributed by atoms with Crippen molar-refractivity contribution in [3.63, 3.8) is 0 Å². The molecule has 4 rings (SSSR count). The molecule has 0 heterocycles. The number of carbonyl (C=O) groups excluding carboxylic acids is 2. The molecule has 4 aromatic rings. The molecule has 0 bridgehead atoms. The monoisotopic (exact) mass is 476 g/mol. The lowest BCUT2D eigenvalue weighted by molar-refractivity contribution is -0.112. The SMILES string of the molecule is CCOc1cc(/C=C(\C#N)C(=O)Nc2ccc(C)cc2)ccc1OC(=O)c1cccc2ccccc12. The average Bonchev–Trinajstić information content (AvgIpc) is 2.89. The van der Waals surface area contributed by atoms with Crippen molar-refractivity contribution in [2.45, 2.75) is 13.8 Å². The highest BCUT2D eigenvalue weighted by atomic mass is 16.6. The third-order valence-corrected chi connectivity index (χ3v) is 5.47. The zero-order valence-corrected chi connectivity index (χ0v) is 19.9. The van der Waals surface area contributed by atoms with Crippen LogP contribution in [0.25, 0.3) is 16.8 Å². The second-order valence-electron chi connectivity index (χ2n) is 8.05. The zero-order chi connectivity index (χ0) is 25.5. The van der Waals surface area contributed by atoms with Crippen molar-refractivity contribution in [2.24, 2.45) is 0 Å². The van der Waals surface area contributed by atoms with Gasteiger partial charge in [0.05, 0.1) is 12.2 Å². The minimum atomic E-state index is -0.522. The van der Waals surface area contributed by atoms with Crippen LogP contribution < -0.4 is 14.8 Å². The first-order valence-corrected chi connectivity index (χ1v) is 11.4. The van der Waals surface area contributed by atoms with Crippen molar-refractivity contribution in [3.8, 4) is 17.6 Å². The Hall–Kier alpha value is -4.89. The van der Waals surface area contributed by atoms with E-state index in [1.165, 1.54) is 6.08 Å². The van der Waals surface area contributed by atoms with Crippen molar-refractivity contribution < 1.29 is 19.1 Å². The third kappa shape index (κ3) is 5.60. The summed E-state index contributed by atoms with van der Waals surface area (Å²) in [4.78, 5) is 25.6. The number of esters is 1. The number of nitrogens with one attached hydrogen (secondary N) is 1. The molecule has 0 aliphatic heterocycles. The van der Waals surface area contributed by atoms with Crippen LogP contribution in [0.15, 0.2) is 90.5 Å². The van der Waals surface area contributed by atoms with Crippen LogP contribution in [0.3, 0.4) is 0 Å². The van der Waals surface area contributed by atoms with Gasteiger partial charge in [0.2, 0.25) is 0 Å². The van der Waals surface area contributed by atoms with Gasteiger partial charge in [-0.25, -0.2) is 4.79 Å². The molecule has 36 heavy (non-hydrogen) atoms. The largest absolute Gasteiger partial charge is 0.490 e. The van der Waals surface area contributed by atoms with Crippen LogP contribution in [-0.2, 0) is 4.79 Å². The predicted octanol–water partition coefficient (Wildman–Crippen LogP) is 6.31. The van der Waals surface area contributed by atoms with Crippen molar-refractivity contribution in [1.82, 2.24) is 0 Å². The molecule has 0 fully saturated rings.